The summed E-state index contributed by atoms with van der Waals surface area (Å²) in [7, 11) is 0. The van der Waals surface area contributed by atoms with Gasteiger partial charge in [-0.05, 0) is 56.3 Å². The van der Waals surface area contributed by atoms with Crippen LogP contribution in [0.5, 0.6) is 11.6 Å². The summed E-state index contributed by atoms with van der Waals surface area (Å²) in [6, 6.07) is 16.1. The molecule has 0 radical (unpaired) electrons. The molecule has 0 aliphatic carbocycles. The van der Waals surface area contributed by atoms with E-state index < -0.39 is 5.97 Å². The molecule has 0 saturated carbocycles. The van der Waals surface area contributed by atoms with Crippen molar-refractivity contribution in [2.75, 3.05) is 31.6 Å². The molecule has 4 rings (SSSR count). The zero-order valence-electron chi connectivity index (χ0n) is 18.7. The van der Waals surface area contributed by atoms with Crippen LogP contribution in [0.1, 0.15) is 36.5 Å². The van der Waals surface area contributed by atoms with Gasteiger partial charge in [0.15, 0.2) is 0 Å². The van der Waals surface area contributed by atoms with Gasteiger partial charge in [0.2, 0.25) is 5.88 Å². The van der Waals surface area contributed by atoms with E-state index in [-0.39, 0.29) is 11.8 Å². The number of likely N-dealkylation sites (tertiary alicyclic amines) is 1. The number of nitrogens with one attached hydrogen (secondary N) is 2. The van der Waals surface area contributed by atoms with Crippen LogP contribution < -0.4 is 14.8 Å². The first kappa shape index (κ1) is 22.5. The van der Waals surface area contributed by atoms with Crippen LogP contribution in [-0.4, -0.2) is 53.2 Å². The van der Waals surface area contributed by atoms with Gasteiger partial charge < -0.3 is 14.8 Å². The van der Waals surface area contributed by atoms with Gasteiger partial charge in [-0.15, -0.1) is 5.10 Å². The Kier molecular flexibility index (Phi) is 7.36. The van der Waals surface area contributed by atoms with E-state index >= 15 is 0 Å². The maximum absolute atomic E-state index is 12.8. The lowest BCUT2D eigenvalue weighted by atomic mass is 10.1. The average molecular weight is 449 g/mol. The highest BCUT2D eigenvalue weighted by Gasteiger charge is 2.14. The number of hydrogen-bond donors (Lipinski definition) is 2. The first-order valence-corrected chi connectivity index (χ1v) is 11.2. The monoisotopic (exact) mass is 448 g/mol. The number of hydrogen-bond acceptors (Lipinski definition) is 6. The number of benzene rings is 2. The maximum Gasteiger partial charge on any atom is 0.309 e. The molecule has 1 aliphatic rings. The number of para-hydroxylation sites is 1. The first-order valence-electron chi connectivity index (χ1n) is 11.2. The highest BCUT2D eigenvalue weighted by Crippen LogP contribution is 2.29. The first-order chi connectivity index (χ1) is 16.1. The second kappa shape index (κ2) is 10.8. The van der Waals surface area contributed by atoms with Crippen LogP contribution in [0.25, 0.3) is 11.3 Å². The third-order valence-corrected chi connectivity index (χ3v) is 5.51. The van der Waals surface area contributed by atoms with Crippen molar-refractivity contribution in [1.29, 1.82) is 0 Å². The van der Waals surface area contributed by atoms with Crippen LogP contribution in [0.15, 0.2) is 54.6 Å². The van der Waals surface area contributed by atoms with Crippen LogP contribution >= 0.6 is 0 Å². The highest BCUT2D eigenvalue weighted by atomic mass is 16.5. The summed E-state index contributed by atoms with van der Waals surface area (Å²) in [5.74, 6) is 0.240. The van der Waals surface area contributed by atoms with Crippen LogP contribution in [-0.2, 0) is 4.79 Å². The van der Waals surface area contributed by atoms with Gasteiger partial charge in [0.05, 0.1) is 11.4 Å². The molecule has 2 N–H and O–H groups in total. The van der Waals surface area contributed by atoms with Crippen molar-refractivity contribution in [3.05, 3.63) is 60.2 Å². The molecule has 0 atom stereocenters. The van der Waals surface area contributed by atoms with E-state index in [1.165, 1.54) is 26.2 Å². The lowest BCUT2D eigenvalue weighted by Gasteiger charge is -2.26. The zero-order valence-corrected chi connectivity index (χ0v) is 18.7. The predicted molar refractivity (Wildman–Crippen MR) is 126 cm³/mol. The van der Waals surface area contributed by atoms with Gasteiger partial charge in [-0.25, -0.2) is 0 Å². The summed E-state index contributed by atoms with van der Waals surface area (Å²) < 4.78 is 10.8. The number of ether oxygens (including phenoxy) is 2. The summed E-state index contributed by atoms with van der Waals surface area (Å²) >= 11 is 0. The molecule has 172 valence electrons. The summed E-state index contributed by atoms with van der Waals surface area (Å²) in [6.07, 6.45) is 3.85. The van der Waals surface area contributed by atoms with Gasteiger partial charge in [-0.3, -0.25) is 19.6 Å². The Morgan fingerprint density at radius 1 is 1.06 bits per heavy atom. The van der Waals surface area contributed by atoms with Gasteiger partial charge >= 0.3 is 5.97 Å². The number of anilines is 1. The smallest absolute Gasteiger partial charge is 0.309 e. The number of H-pyrrole nitrogens is 1. The SMILES string of the molecule is CC(=O)Oc1cc(-c2ccccc2NC(=O)c2ccc(OCCN3CCCCC3)cc2)[nH]n1. The predicted octanol–water partition coefficient (Wildman–Crippen LogP) is 4.12. The lowest BCUT2D eigenvalue weighted by Crippen LogP contribution is -2.33. The molecule has 1 saturated heterocycles. The maximum atomic E-state index is 12.8. The molecule has 8 heteroatoms. The van der Waals surface area contributed by atoms with Gasteiger partial charge in [-0.2, -0.15) is 0 Å². The topological polar surface area (TPSA) is 96.5 Å². The van der Waals surface area contributed by atoms with Crippen molar-refractivity contribution < 1.29 is 19.1 Å². The van der Waals surface area contributed by atoms with Crippen molar-refractivity contribution in [1.82, 2.24) is 15.1 Å². The minimum atomic E-state index is -0.450. The van der Waals surface area contributed by atoms with E-state index in [1.54, 1.807) is 24.3 Å². The van der Waals surface area contributed by atoms with E-state index in [9.17, 15) is 9.59 Å². The van der Waals surface area contributed by atoms with Gasteiger partial charge in [0.1, 0.15) is 12.4 Å². The van der Waals surface area contributed by atoms with E-state index in [2.05, 4.69) is 20.4 Å². The molecule has 8 nitrogen and oxygen atoms in total. The molecular weight excluding hydrogens is 420 g/mol. The van der Waals surface area contributed by atoms with E-state index in [0.29, 0.717) is 23.6 Å². The highest BCUT2D eigenvalue weighted by molar-refractivity contribution is 6.06. The number of piperidine rings is 1. The third-order valence-electron chi connectivity index (χ3n) is 5.51. The fraction of sp³-hybridized carbons (Fsp3) is 0.320. The van der Waals surface area contributed by atoms with Crippen LogP contribution in [0, 0.1) is 0 Å². The number of nitrogens with zero attached hydrogens (tertiary/aromatic N) is 2. The molecule has 2 heterocycles. The molecule has 0 spiro atoms. The van der Waals surface area contributed by atoms with E-state index in [1.807, 2.05) is 30.3 Å². The summed E-state index contributed by atoms with van der Waals surface area (Å²) in [4.78, 5) is 26.4. The molecule has 1 aromatic heterocycles. The Hall–Kier alpha value is -3.65. The standard InChI is InChI=1S/C25H28N4O4/c1-18(30)33-24-17-23(27-28-24)21-7-3-4-8-22(21)26-25(31)19-9-11-20(12-10-19)32-16-15-29-13-5-2-6-14-29/h3-4,7-12,17H,2,5-6,13-16H2,1H3,(H,26,31)(H,27,28). The minimum absolute atomic E-state index is 0.175. The van der Waals surface area contributed by atoms with Crippen molar-refractivity contribution in [2.45, 2.75) is 26.2 Å². The fourth-order valence-corrected chi connectivity index (χ4v) is 3.84. The number of aromatic nitrogens is 2. The molecule has 3 aromatic rings. The van der Waals surface area contributed by atoms with Crippen molar-refractivity contribution in [2.24, 2.45) is 0 Å². The van der Waals surface area contributed by atoms with Gasteiger partial charge in [0, 0.05) is 30.7 Å². The normalized spacial score (nSPS) is 14.0. The van der Waals surface area contributed by atoms with Crippen molar-refractivity contribution in [3.8, 4) is 22.9 Å². The number of carbonyl (C=O) groups is 2. The number of aromatic amines is 1. The Labute approximate surface area is 192 Å². The molecule has 33 heavy (non-hydrogen) atoms. The van der Waals surface area contributed by atoms with E-state index in [0.717, 1.165) is 30.9 Å². The van der Waals surface area contributed by atoms with Crippen LogP contribution in [0.3, 0.4) is 0 Å². The second-order valence-corrected chi connectivity index (χ2v) is 7.99. The van der Waals surface area contributed by atoms with Gasteiger partial charge in [-0.1, -0.05) is 24.6 Å². The molecule has 1 fully saturated rings. The Balaban J connectivity index is 1.36. The Morgan fingerprint density at radius 2 is 1.82 bits per heavy atom. The molecule has 1 amide bonds. The number of amides is 1. The summed E-state index contributed by atoms with van der Waals surface area (Å²) in [5.41, 5.74) is 2.50. The molecule has 1 aliphatic heterocycles. The van der Waals surface area contributed by atoms with Crippen LogP contribution in [0.4, 0.5) is 5.69 Å². The summed E-state index contributed by atoms with van der Waals surface area (Å²) in [5, 5.41) is 9.75. The third kappa shape index (κ3) is 6.20. The van der Waals surface area contributed by atoms with Gasteiger partial charge in [0.25, 0.3) is 5.91 Å². The molecule has 0 unspecified atom stereocenters. The second-order valence-electron chi connectivity index (χ2n) is 7.99. The number of carbonyl (C=O) groups excluding carboxylic acids is 2. The fourth-order valence-electron chi connectivity index (χ4n) is 3.84. The minimum Gasteiger partial charge on any atom is -0.492 e. The quantitative estimate of drug-likeness (QED) is 0.503. The molecular formula is C25H28N4O4. The van der Waals surface area contributed by atoms with Crippen molar-refractivity contribution >= 4 is 17.6 Å². The largest absolute Gasteiger partial charge is 0.492 e. The molecule has 2 aromatic carbocycles. The number of esters is 1. The van der Waals surface area contributed by atoms with E-state index in [4.69, 9.17) is 9.47 Å². The Morgan fingerprint density at radius 3 is 2.58 bits per heavy atom. The lowest BCUT2D eigenvalue weighted by molar-refractivity contribution is -0.132. The van der Waals surface area contributed by atoms with Crippen molar-refractivity contribution in [3.63, 3.8) is 0 Å². The molecule has 0 bridgehead atoms. The van der Waals surface area contributed by atoms with Crippen LogP contribution in [0.2, 0.25) is 0 Å². The number of rotatable bonds is 8. The average Bonchev–Trinajstić information content (AvgIpc) is 3.28. The summed E-state index contributed by atoms with van der Waals surface area (Å²) in [6.45, 7) is 5.17. The zero-order chi connectivity index (χ0) is 23.0. The Bertz CT molecular complexity index is 1090.